The third-order valence-electron chi connectivity index (χ3n) is 3.37. The van der Waals surface area contributed by atoms with Crippen LogP contribution in [0, 0.1) is 0 Å². The standard InChI is InChI=1S/C18H22O2SSe/c1-17(2,3)14-9-11(10-15(22-14)18(4,5)6)12-7-8-13(21-12)16(19)20/h7-10H,1-6H3/p+1. The summed E-state index contributed by atoms with van der Waals surface area (Å²) in [7, 11) is 0. The van der Waals surface area contributed by atoms with Crippen molar-refractivity contribution in [2.24, 2.45) is 0 Å². The second-order valence-corrected chi connectivity index (χ2v) is 10.9. The SMILES string of the molecule is CC(C)(C)c1cc(-c2ccc(C(=O)O)s2)cc(C(C)(C)C)[se+]1. The Labute approximate surface area is 142 Å². The Balaban J connectivity index is 2.61. The van der Waals surface area contributed by atoms with Gasteiger partial charge in [-0.3, -0.25) is 0 Å². The van der Waals surface area contributed by atoms with Crippen molar-refractivity contribution >= 4 is 31.8 Å². The maximum absolute atomic E-state index is 11.1. The van der Waals surface area contributed by atoms with Gasteiger partial charge in [0.25, 0.3) is 0 Å². The summed E-state index contributed by atoms with van der Waals surface area (Å²) in [5, 5.41) is 9.13. The molecule has 0 atom stereocenters. The minimum atomic E-state index is -0.850. The van der Waals surface area contributed by atoms with Gasteiger partial charge in [0.1, 0.15) is 0 Å². The van der Waals surface area contributed by atoms with E-state index in [1.54, 1.807) is 6.07 Å². The quantitative estimate of drug-likeness (QED) is 0.739. The van der Waals surface area contributed by atoms with Crippen LogP contribution in [0.5, 0.6) is 0 Å². The summed E-state index contributed by atoms with van der Waals surface area (Å²) in [6.45, 7) is 13.5. The molecule has 0 aromatic carbocycles. The zero-order valence-electron chi connectivity index (χ0n) is 14.0. The molecule has 0 saturated carbocycles. The summed E-state index contributed by atoms with van der Waals surface area (Å²) in [6, 6.07) is 8.17. The summed E-state index contributed by atoms with van der Waals surface area (Å²) in [6.07, 6.45) is 0. The van der Waals surface area contributed by atoms with Gasteiger partial charge in [-0.05, 0) is 0 Å². The molecular weight excluding hydrogens is 359 g/mol. The van der Waals surface area contributed by atoms with E-state index in [-0.39, 0.29) is 10.8 Å². The molecule has 2 heterocycles. The Hall–Kier alpha value is -0.961. The number of carbonyl (C=O) groups is 1. The molecule has 0 aliphatic heterocycles. The van der Waals surface area contributed by atoms with Crippen LogP contribution in [0.1, 0.15) is 60.1 Å². The summed E-state index contributed by atoms with van der Waals surface area (Å²) in [4.78, 5) is 12.6. The predicted octanol–water partition coefficient (Wildman–Crippen LogP) is 5.05. The fourth-order valence-corrected chi connectivity index (χ4v) is 5.38. The molecule has 0 unspecified atom stereocenters. The predicted molar refractivity (Wildman–Crippen MR) is 95.5 cm³/mol. The second kappa shape index (κ2) is 5.92. The van der Waals surface area contributed by atoms with E-state index in [4.69, 9.17) is 5.11 Å². The molecule has 0 aliphatic carbocycles. The van der Waals surface area contributed by atoms with E-state index in [2.05, 4.69) is 53.7 Å². The molecule has 118 valence electrons. The van der Waals surface area contributed by atoms with Crippen LogP contribution in [-0.2, 0) is 10.8 Å². The fourth-order valence-electron chi connectivity index (χ4n) is 1.99. The molecule has 0 radical (unpaired) electrons. The first-order valence-corrected chi connectivity index (χ1v) is 9.84. The van der Waals surface area contributed by atoms with E-state index < -0.39 is 5.97 Å². The topological polar surface area (TPSA) is 37.3 Å². The third-order valence-corrected chi connectivity index (χ3v) is 8.48. The first-order chi connectivity index (χ1) is 9.98. The summed E-state index contributed by atoms with van der Waals surface area (Å²) in [5.74, 6) is -0.850. The average molecular weight is 382 g/mol. The summed E-state index contributed by atoms with van der Waals surface area (Å²) >= 11 is 1.71. The van der Waals surface area contributed by atoms with Crippen molar-refractivity contribution in [2.45, 2.75) is 52.4 Å². The van der Waals surface area contributed by atoms with Gasteiger partial charge in [0, 0.05) is 0 Å². The van der Waals surface area contributed by atoms with Gasteiger partial charge in [0.2, 0.25) is 0 Å². The Morgan fingerprint density at radius 1 is 1.00 bits per heavy atom. The number of aromatic carboxylic acids is 1. The monoisotopic (exact) mass is 383 g/mol. The van der Waals surface area contributed by atoms with Crippen molar-refractivity contribution in [3.05, 3.63) is 38.0 Å². The van der Waals surface area contributed by atoms with Crippen molar-refractivity contribution in [1.29, 1.82) is 0 Å². The molecule has 2 aromatic rings. The molecule has 2 nitrogen and oxygen atoms in total. The first kappa shape index (κ1) is 17.4. The van der Waals surface area contributed by atoms with Gasteiger partial charge in [-0.25, -0.2) is 0 Å². The van der Waals surface area contributed by atoms with Crippen molar-refractivity contribution in [2.75, 3.05) is 0 Å². The zero-order chi connectivity index (χ0) is 16.7. The molecule has 2 rings (SSSR count). The fraction of sp³-hybridized carbons (Fsp3) is 0.444. The minimum absolute atomic E-state index is 0.142. The second-order valence-electron chi connectivity index (χ2n) is 7.54. The van der Waals surface area contributed by atoms with Crippen molar-refractivity contribution < 1.29 is 9.90 Å². The Bertz CT molecular complexity index is 670. The van der Waals surface area contributed by atoms with Crippen LogP contribution in [0.4, 0.5) is 0 Å². The zero-order valence-corrected chi connectivity index (χ0v) is 16.5. The molecule has 0 amide bonds. The van der Waals surface area contributed by atoms with Crippen molar-refractivity contribution in [3.8, 4) is 10.4 Å². The Kier molecular flexibility index (Phi) is 4.68. The van der Waals surface area contributed by atoms with Crippen LogP contribution >= 0.6 is 11.3 Å². The Morgan fingerprint density at radius 3 is 1.86 bits per heavy atom. The third kappa shape index (κ3) is 3.86. The van der Waals surface area contributed by atoms with Crippen LogP contribution in [-0.4, -0.2) is 25.6 Å². The summed E-state index contributed by atoms with van der Waals surface area (Å²) < 4.78 is 2.93. The average Bonchev–Trinajstić information content (AvgIpc) is 2.85. The van der Waals surface area contributed by atoms with Gasteiger partial charge < -0.3 is 0 Å². The molecule has 4 heteroatoms. The maximum atomic E-state index is 11.1. The van der Waals surface area contributed by atoms with Crippen LogP contribution in [0.15, 0.2) is 24.3 Å². The van der Waals surface area contributed by atoms with E-state index in [0.29, 0.717) is 19.4 Å². The molecule has 1 N–H and O–H groups in total. The van der Waals surface area contributed by atoms with Gasteiger partial charge in [-0.15, -0.1) is 0 Å². The number of rotatable bonds is 2. The van der Waals surface area contributed by atoms with Crippen molar-refractivity contribution in [3.63, 3.8) is 0 Å². The van der Waals surface area contributed by atoms with Crippen LogP contribution in [0.25, 0.3) is 10.4 Å². The molecule has 0 bridgehead atoms. The number of hydrogen-bond acceptors (Lipinski definition) is 2. The molecule has 2 aromatic heterocycles. The molecule has 0 fully saturated rings. The van der Waals surface area contributed by atoms with E-state index >= 15 is 0 Å². The van der Waals surface area contributed by atoms with Gasteiger partial charge >= 0.3 is 143 Å². The molecular formula is C18H23O2SSe+. The summed E-state index contributed by atoms with van der Waals surface area (Å²) in [5.41, 5.74) is 1.44. The van der Waals surface area contributed by atoms with E-state index in [1.807, 2.05) is 6.07 Å². The van der Waals surface area contributed by atoms with Crippen LogP contribution in [0.2, 0.25) is 0 Å². The number of carboxylic acids is 1. The van der Waals surface area contributed by atoms with Crippen molar-refractivity contribution in [1.82, 2.24) is 0 Å². The van der Waals surface area contributed by atoms with Gasteiger partial charge in [-0.1, -0.05) is 0 Å². The van der Waals surface area contributed by atoms with Gasteiger partial charge in [0.15, 0.2) is 0 Å². The van der Waals surface area contributed by atoms with E-state index in [1.165, 1.54) is 20.2 Å². The van der Waals surface area contributed by atoms with E-state index in [9.17, 15) is 4.79 Å². The van der Waals surface area contributed by atoms with Crippen LogP contribution in [0.3, 0.4) is 0 Å². The van der Waals surface area contributed by atoms with Gasteiger partial charge in [0.05, 0.1) is 0 Å². The van der Waals surface area contributed by atoms with E-state index in [0.717, 1.165) is 10.4 Å². The molecule has 22 heavy (non-hydrogen) atoms. The Morgan fingerprint density at radius 2 is 1.50 bits per heavy atom. The first-order valence-electron chi connectivity index (χ1n) is 7.31. The van der Waals surface area contributed by atoms with Gasteiger partial charge in [-0.2, -0.15) is 0 Å². The van der Waals surface area contributed by atoms with Crippen LogP contribution < -0.4 is 0 Å². The molecule has 0 saturated heterocycles. The molecule has 0 aliphatic rings. The normalized spacial score (nSPS) is 12.5. The molecule has 0 spiro atoms. The number of carboxylic acid groups (broad SMARTS) is 1. The number of thiophene rings is 1. The number of hydrogen-bond donors (Lipinski definition) is 1.